The highest BCUT2D eigenvalue weighted by molar-refractivity contribution is 6.74. The molecule has 0 radical (unpaired) electrons. The highest BCUT2D eigenvalue weighted by Crippen LogP contribution is 2.59. The predicted molar refractivity (Wildman–Crippen MR) is 200 cm³/mol. The third kappa shape index (κ3) is 5.98. The maximum Gasteiger partial charge on any atom is 0.265 e. The van der Waals surface area contributed by atoms with Crippen LogP contribution in [0.1, 0.15) is 71.6 Å². The van der Waals surface area contributed by atoms with Crippen molar-refractivity contribution in [3.63, 3.8) is 0 Å². The Bertz CT molecular complexity index is 2170. The zero-order valence-electron chi connectivity index (χ0n) is 31.0. The van der Waals surface area contributed by atoms with E-state index in [4.69, 9.17) is 25.3 Å². The molecule has 0 spiro atoms. The second kappa shape index (κ2) is 13.1. The summed E-state index contributed by atoms with van der Waals surface area (Å²) in [5, 5.41) is 19.3. The van der Waals surface area contributed by atoms with Crippen LogP contribution in [0.3, 0.4) is 0 Å². The van der Waals surface area contributed by atoms with Gasteiger partial charge in [-0.25, -0.2) is 14.4 Å². The molecule has 3 aliphatic carbocycles. The first kappa shape index (κ1) is 36.9. The van der Waals surface area contributed by atoms with E-state index in [1.54, 1.807) is 6.92 Å². The Morgan fingerprint density at radius 3 is 2.49 bits per heavy atom. The Labute approximate surface area is 313 Å². The van der Waals surface area contributed by atoms with Gasteiger partial charge in [0.15, 0.2) is 19.7 Å². The number of aliphatic hydroxyl groups is 1. The van der Waals surface area contributed by atoms with Gasteiger partial charge in [0, 0.05) is 28.8 Å². The largest absolute Gasteiger partial charge is 0.507 e. The molecule has 2 heterocycles. The number of anilines is 2. The van der Waals surface area contributed by atoms with Crippen LogP contribution in [0.5, 0.6) is 5.88 Å². The minimum Gasteiger partial charge on any atom is -0.507 e. The highest BCUT2D eigenvalue weighted by Gasteiger charge is 2.69. The van der Waals surface area contributed by atoms with Crippen molar-refractivity contribution >= 4 is 48.7 Å². The van der Waals surface area contributed by atoms with Crippen LogP contribution >= 0.6 is 11.6 Å². The fourth-order valence-corrected chi connectivity index (χ4v) is 9.43. The van der Waals surface area contributed by atoms with Crippen LogP contribution in [0.2, 0.25) is 23.3 Å². The quantitative estimate of drug-likeness (QED) is 0.102. The second-order valence-electron chi connectivity index (χ2n) is 15.9. The smallest absolute Gasteiger partial charge is 0.265 e. The van der Waals surface area contributed by atoms with Gasteiger partial charge >= 0.3 is 0 Å². The Morgan fingerprint density at radius 1 is 1.11 bits per heavy atom. The number of hydrogen-bond donors (Lipinski definition) is 2. The number of benzene rings is 2. The molecule has 0 amide bonds. The molecule has 2 aromatic carbocycles. The van der Waals surface area contributed by atoms with Crippen LogP contribution < -0.4 is 10.1 Å². The maximum atomic E-state index is 16.1. The molecule has 14 heteroatoms. The highest BCUT2D eigenvalue weighted by atomic mass is 35.5. The first-order valence-electron chi connectivity index (χ1n) is 17.6. The number of hydrogen-bond acceptors (Lipinski definition) is 11. The number of nitrogens with one attached hydrogen (secondary N) is 1. The number of halogens is 2. The fourth-order valence-electron chi connectivity index (χ4n) is 7.84. The minimum absolute atomic E-state index is 0.0297. The van der Waals surface area contributed by atoms with E-state index in [-0.39, 0.29) is 64.3 Å². The van der Waals surface area contributed by atoms with E-state index >= 15 is 14.0 Å². The van der Waals surface area contributed by atoms with Crippen LogP contribution in [0, 0.1) is 24.6 Å². The van der Waals surface area contributed by atoms with Crippen molar-refractivity contribution in [3.8, 4) is 5.88 Å². The number of carbonyl (C=O) groups excluding carboxylic acids is 2. The number of Topliss-reactive ketones (excluding diaryl/α,β-unsaturated/α-hetero) is 2. The maximum absolute atomic E-state index is 16.1. The van der Waals surface area contributed by atoms with Crippen molar-refractivity contribution in [3.05, 3.63) is 98.9 Å². The van der Waals surface area contributed by atoms with Gasteiger partial charge in [-0.1, -0.05) is 62.7 Å². The number of aliphatic hydroxyl groups excluding tert-OH is 1. The van der Waals surface area contributed by atoms with E-state index in [2.05, 4.69) is 20.4 Å². The third-order valence-corrected chi connectivity index (χ3v) is 16.1. The zero-order chi connectivity index (χ0) is 38.2. The van der Waals surface area contributed by atoms with E-state index in [0.717, 1.165) is 5.56 Å². The zero-order valence-corrected chi connectivity index (χ0v) is 32.8. The van der Waals surface area contributed by atoms with Crippen LogP contribution in [0.25, 0.3) is 5.76 Å². The lowest BCUT2D eigenvalue weighted by molar-refractivity contribution is -0.140. The van der Waals surface area contributed by atoms with Gasteiger partial charge in [-0.05, 0) is 85.8 Å². The molecule has 0 saturated heterocycles. The van der Waals surface area contributed by atoms with Crippen molar-refractivity contribution < 1.29 is 32.8 Å². The molecule has 11 nitrogen and oxygen atoms in total. The molecule has 1 fully saturated rings. The summed E-state index contributed by atoms with van der Waals surface area (Å²) in [5.74, 6) is -2.97. The lowest BCUT2D eigenvalue weighted by Gasteiger charge is -2.55. The number of ketones is 2. The number of nitrogens with zero attached hydrogens (tertiary/aromatic N) is 4. The monoisotopic (exact) mass is 759 g/mol. The van der Waals surface area contributed by atoms with E-state index in [0.29, 0.717) is 17.1 Å². The summed E-state index contributed by atoms with van der Waals surface area (Å²) in [5.41, 5.74) is 0.194. The molecule has 0 aliphatic heterocycles. The molecule has 0 bridgehead atoms. The number of rotatable bonds is 8. The van der Waals surface area contributed by atoms with E-state index in [1.807, 2.05) is 83.2 Å². The lowest BCUT2D eigenvalue weighted by atomic mass is 9.57. The molecule has 278 valence electrons. The van der Waals surface area contributed by atoms with Gasteiger partial charge in [0.1, 0.15) is 41.0 Å². The first-order valence-corrected chi connectivity index (χ1v) is 20.9. The van der Waals surface area contributed by atoms with Crippen molar-refractivity contribution in [2.24, 2.45) is 11.8 Å². The van der Waals surface area contributed by atoms with Gasteiger partial charge in [-0.3, -0.25) is 14.5 Å². The summed E-state index contributed by atoms with van der Waals surface area (Å²) in [6.45, 7) is 11.9. The normalized spacial score (nSPS) is 22.7. The van der Waals surface area contributed by atoms with Crippen molar-refractivity contribution in [1.29, 1.82) is 0 Å². The summed E-state index contributed by atoms with van der Waals surface area (Å²) in [7, 11) is 0.772. The number of aromatic nitrogens is 3. The molecule has 4 aromatic rings. The molecule has 2 aromatic heterocycles. The molecule has 53 heavy (non-hydrogen) atoms. The summed E-state index contributed by atoms with van der Waals surface area (Å²) in [6, 6.07) is 11.7. The van der Waals surface area contributed by atoms with Crippen LogP contribution in [0.15, 0.2) is 58.9 Å². The number of ether oxygens (including phenoxy) is 1. The predicted octanol–water partition coefficient (Wildman–Crippen LogP) is 8.18. The van der Waals surface area contributed by atoms with E-state index in [1.165, 1.54) is 18.5 Å². The second-order valence-corrected chi connectivity index (χ2v) is 21.0. The van der Waals surface area contributed by atoms with Gasteiger partial charge in [-0.15, -0.1) is 0 Å². The summed E-state index contributed by atoms with van der Waals surface area (Å²) in [6.07, 6.45) is 1.63. The Morgan fingerprint density at radius 2 is 1.83 bits per heavy atom. The molecule has 4 atom stereocenters. The molecule has 7 rings (SSSR count). The first-order chi connectivity index (χ1) is 25.0. The lowest BCUT2D eigenvalue weighted by Crippen LogP contribution is -2.68. The number of fused-ring (bicyclic) bond motifs is 4. The van der Waals surface area contributed by atoms with Crippen molar-refractivity contribution in [1.82, 2.24) is 20.0 Å². The van der Waals surface area contributed by atoms with Gasteiger partial charge in [0.25, 0.3) is 5.88 Å². The van der Waals surface area contributed by atoms with Crippen molar-refractivity contribution in [2.75, 3.05) is 19.4 Å². The van der Waals surface area contributed by atoms with Crippen LogP contribution in [0.4, 0.5) is 15.9 Å². The molecule has 3 aliphatic rings. The van der Waals surface area contributed by atoms with Gasteiger partial charge < -0.3 is 24.1 Å². The molecular weight excluding hydrogens is 717 g/mol. The summed E-state index contributed by atoms with van der Waals surface area (Å²) >= 11 is 6.07. The molecule has 0 unspecified atom stereocenters. The number of carbonyl (C=O) groups is 2. The average Bonchev–Trinajstić information content (AvgIpc) is 3.50. The Balaban J connectivity index is 1.41. The Hall–Kier alpha value is -4.43. The van der Waals surface area contributed by atoms with Gasteiger partial charge in [0.2, 0.25) is 11.6 Å². The summed E-state index contributed by atoms with van der Waals surface area (Å²) in [4.78, 5) is 40.9. The standard InChI is InChI=1S/C39H43ClFN5O6Si/c1-20-26(44-28-17-27(40)42-19-43-28)16-25(41)23-14-22-15-24-32(46(5)6)34-31(37(45-51-34)50-18-21-12-10-9-11-13-21)36(49)39(24,52-53(7,8)38(2,3)4)35(48)30(22)33(47)29(20)23/h9-13,16-17,19,22,24,32,47H,14-15,18H2,1-8H3,(H,42,43,44)/t22-,24-,32-,39-/m0/s1. The third-order valence-electron chi connectivity index (χ3n) is 11.4. The molecule has 1 saturated carbocycles. The fraction of sp³-hybridized carbons (Fsp3) is 0.410. The molecule has 2 N–H and O–H groups in total. The topological polar surface area (TPSA) is 140 Å². The van der Waals surface area contributed by atoms with Gasteiger partial charge in [0.05, 0.1) is 6.04 Å². The van der Waals surface area contributed by atoms with Crippen LogP contribution in [-0.4, -0.2) is 64.7 Å². The minimum atomic E-state index is -2.92. The van der Waals surface area contributed by atoms with Gasteiger partial charge in [-0.2, -0.15) is 0 Å². The summed E-state index contributed by atoms with van der Waals surface area (Å²) < 4.78 is 35.3. The SMILES string of the molecule is Cc1c(Nc2cc(Cl)ncn2)cc(F)c2c1C(O)=C1C(=O)[C@]3(O[Si](C)(C)C(C)(C)C)C(=O)c4c(OCc5ccccc5)noc4[C@@H](N(C)C)[C@@H]3C[C@@H]1C2. The average molecular weight is 760 g/mol. The molecular formula is C39H43ClFN5O6Si. The van der Waals surface area contributed by atoms with E-state index in [9.17, 15) is 5.11 Å². The van der Waals surface area contributed by atoms with Crippen molar-refractivity contribution in [2.45, 2.75) is 76.9 Å². The van der Waals surface area contributed by atoms with Crippen LogP contribution in [-0.2, 0) is 22.2 Å². The Kier molecular flexibility index (Phi) is 9.16. The van der Waals surface area contributed by atoms with E-state index < -0.39 is 54.2 Å².